The lowest BCUT2D eigenvalue weighted by atomic mass is 10.0. The van der Waals surface area contributed by atoms with Crippen molar-refractivity contribution in [3.05, 3.63) is 67.8 Å². The summed E-state index contributed by atoms with van der Waals surface area (Å²) in [6.45, 7) is 6.08. The summed E-state index contributed by atoms with van der Waals surface area (Å²) in [5.74, 6) is -1.83. The maximum Gasteiger partial charge on any atom is 0.350 e. The summed E-state index contributed by atoms with van der Waals surface area (Å²) in [5, 5.41) is 28.0. The van der Waals surface area contributed by atoms with Crippen LogP contribution >= 0.6 is 0 Å². The molecule has 0 bridgehead atoms. The topological polar surface area (TPSA) is 182 Å². The third-order valence-corrected chi connectivity index (χ3v) is 5.59. The summed E-state index contributed by atoms with van der Waals surface area (Å²) >= 11 is 0. The van der Waals surface area contributed by atoms with E-state index in [1.165, 1.54) is 39.2 Å². The second-order valence-corrected chi connectivity index (χ2v) is 8.68. The first kappa shape index (κ1) is 32.0. The lowest BCUT2D eigenvalue weighted by Crippen LogP contribution is -2.13. The van der Waals surface area contributed by atoms with Gasteiger partial charge in [-0.2, -0.15) is 0 Å². The van der Waals surface area contributed by atoms with Crippen LogP contribution in [-0.2, 0) is 9.53 Å². The number of ketones is 2. The van der Waals surface area contributed by atoms with Crippen molar-refractivity contribution in [2.75, 3.05) is 13.7 Å². The molecule has 0 radical (unpaired) electrons. The molecule has 2 atom stereocenters. The van der Waals surface area contributed by atoms with E-state index in [4.69, 9.17) is 13.9 Å². The van der Waals surface area contributed by atoms with Gasteiger partial charge in [0.25, 0.3) is 0 Å². The van der Waals surface area contributed by atoms with Crippen LogP contribution in [0, 0.1) is 0 Å². The molecule has 0 fully saturated rings. The van der Waals surface area contributed by atoms with Gasteiger partial charge in [0.1, 0.15) is 34.1 Å². The number of ether oxygens (including phenoxy) is 1. The second-order valence-electron chi connectivity index (χ2n) is 8.68. The van der Waals surface area contributed by atoms with Gasteiger partial charge >= 0.3 is 17.2 Å². The van der Waals surface area contributed by atoms with Crippen molar-refractivity contribution in [3.63, 3.8) is 0 Å². The smallest absolute Gasteiger partial charge is 0.350 e. The predicted octanol–water partition coefficient (Wildman–Crippen LogP) is 3.58. The molecule has 0 spiro atoms. The van der Waals surface area contributed by atoms with Gasteiger partial charge in [-0.1, -0.05) is 19.9 Å². The highest BCUT2D eigenvalue weighted by molar-refractivity contribution is 5.96. The first-order valence-corrected chi connectivity index (χ1v) is 11.9. The van der Waals surface area contributed by atoms with Crippen LogP contribution in [0.3, 0.4) is 0 Å². The molecule has 2 aromatic heterocycles. The zero-order valence-corrected chi connectivity index (χ0v) is 22.1. The average Bonchev–Trinajstić information content (AvgIpc) is 2.83. The molecule has 0 aromatic carbocycles. The van der Waals surface area contributed by atoms with Crippen LogP contribution in [0.4, 0.5) is 0 Å². The minimum absolute atomic E-state index is 0.0616. The van der Waals surface area contributed by atoms with Gasteiger partial charge in [-0.25, -0.2) is 14.4 Å². The van der Waals surface area contributed by atoms with Crippen LogP contribution in [0.25, 0.3) is 0 Å². The molecule has 0 aliphatic carbocycles. The number of allylic oxidation sites excluding steroid dienone is 1. The van der Waals surface area contributed by atoms with Crippen LogP contribution in [0.1, 0.15) is 97.5 Å². The lowest BCUT2D eigenvalue weighted by molar-refractivity contribution is -0.134. The number of hydrogen-bond acceptors (Lipinski definition) is 11. The fourth-order valence-electron chi connectivity index (χ4n) is 3.41. The Morgan fingerprint density at radius 2 is 1.34 bits per heavy atom. The van der Waals surface area contributed by atoms with Crippen LogP contribution in [0.5, 0.6) is 11.5 Å². The minimum Gasteiger partial charge on any atom is -0.507 e. The Labute approximate surface area is 219 Å². The Kier molecular flexibility index (Phi) is 12.9. The van der Waals surface area contributed by atoms with Gasteiger partial charge in [0.2, 0.25) is 0 Å². The standard InChI is InChI=1S/C15H18O6.C12H16O5/c1-9(6-4-5-7-13(18)20-3)12-8-11(17)14(10(2)16)15(19)21-12;1-7(4-3-5-13)10-6-9(15)11(8(2)14)12(16)17-10/h5,7-9,17H,4,6H2,1-3H3;6-7,13,15H,3-5H2,1-2H3/b7-5+;. The molecule has 2 aromatic rings. The fraction of sp³-hybridized carbons (Fsp3) is 0.444. The summed E-state index contributed by atoms with van der Waals surface area (Å²) in [5.41, 5.74) is -2.31. The molecule has 2 rings (SSSR count). The van der Waals surface area contributed by atoms with E-state index in [9.17, 15) is 34.2 Å². The van der Waals surface area contributed by atoms with E-state index in [2.05, 4.69) is 4.74 Å². The van der Waals surface area contributed by atoms with E-state index in [1.54, 1.807) is 6.08 Å². The van der Waals surface area contributed by atoms with Gasteiger partial charge in [0.15, 0.2) is 11.6 Å². The van der Waals surface area contributed by atoms with Crippen molar-refractivity contribution in [3.8, 4) is 11.5 Å². The quantitative estimate of drug-likeness (QED) is 0.218. The van der Waals surface area contributed by atoms with Crippen molar-refractivity contribution in [2.24, 2.45) is 0 Å². The van der Waals surface area contributed by atoms with Crippen LogP contribution in [0.2, 0.25) is 0 Å². The molecule has 0 saturated heterocycles. The first-order valence-electron chi connectivity index (χ1n) is 11.9. The Morgan fingerprint density at radius 1 is 0.895 bits per heavy atom. The zero-order chi connectivity index (χ0) is 29.0. The Balaban J connectivity index is 0.000000389. The summed E-state index contributed by atoms with van der Waals surface area (Å²) in [6.07, 6.45) is 5.38. The summed E-state index contributed by atoms with van der Waals surface area (Å²) in [7, 11) is 1.29. The van der Waals surface area contributed by atoms with Crippen LogP contribution in [-0.4, -0.2) is 46.6 Å². The normalized spacial score (nSPS) is 12.4. The van der Waals surface area contributed by atoms with Crippen molar-refractivity contribution in [2.45, 2.75) is 65.2 Å². The van der Waals surface area contributed by atoms with E-state index in [1.807, 2.05) is 13.8 Å². The Bertz CT molecular complexity index is 1270. The maximum atomic E-state index is 11.6. The lowest BCUT2D eigenvalue weighted by Gasteiger charge is -2.10. The van der Waals surface area contributed by atoms with Gasteiger partial charge < -0.3 is 28.9 Å². The maximum absolute atomic E-state index is 11.6. The minimum atomic E-state index is -0.838. The molecular weight excluding hydrogens is 500 g/mol. The third kappa shape index (κ3) is 9.47. The number of esters is 1. The molecule has 3 N–H and O–H groups in total. The largest absolute Gasteiger partial charge is 0.507 e. The molecule has 0 amide bonds. The summed E-state index contributed by atoms with van der Waals surface area (Å²) in [4.78, 5) is 56.3. The summed E-state index contributed by atoms with van der Waals surface area (Å²) in [6, 6.07) is 2.58. The average molecular weight is 535 g/mol. The molecule has 11 heteroatoms. The third-order valence-electron chi connectivity index (χ3n) is 5.59. The van der Waals surface area contributed by atoms with Gasteiger partial charge in [-0.15, -0.1) is 0 Å². The highest BCUT2D eigenvalue weighted by Crippen LogP contribution is 2.25. The number of carbonyl (C=O) groups excluding carboxylic acids is 3. The molecular formula is C27H34O11. The molecule has 11 nitrogen and oxygen atoms in total. The highest BCUT2D eigenvalue weighted by Gasteiger charge is 2.19. The number of aromatic hydroxyl groups is 2. The van der Waals surface area contributed by atoms with Crippen molar-refractivity contribution >= 4 is 17.5 Å². The molecule has 0 aliphatic rings. The number of carbonyl (C=O) groups is 3. The molecule has 2 unspecified atom stereocenters. The van der Waals surface area contributed by atoms with Crippen molar-refractivity contribution in [1.29, 1.82) is 0 Å². The highest BCUT2D eigenvalue weighted by atomic mass is 16.5. The Morgan fingerprint density at radius 3 is 1.71 bits per heavy atom. The second kappa shape index (κ2) is 15.3. The summed E-state index contributed by atoms with van der Waals surface area (Å²) < 4.78 is 14.5. The number of Topliss-reactive ketones (excluding diaryl/α,β-unsaturated/α-hetero) is 2. The SMILES string of the molecule is CC(=O)c1c(O)cc(C(C)CCCO)oc1=O.COC(=O)/C=C/CCC(C)c1cc(O)c(C(C)=O)c(=O)o1. The van der Waals surface area contributed by atoms with Gasteiger partial charge in [-0.3, -0.25) is 9.59 Å². The van der Waals surface area contributed by atoms with Gasteiger partial charge in [-0.05, 0) is 39.5 Å². The van der Waals surface area contributed by atoms with Crippen molar-refractivity contribution in [1.82, 2.24) is 0 Å². The molecule has 2 heterocycles. The first-order chi connectivity index (χ1) is 17.8. The molecule has 38 heavy (non-hydrogen) atoms. The number of rotatable bonds is 11. The van der Waals surface area contributed by atoms with E-state index < -0.39 is 28.8 Å². The number of aliphatic hydroxyl groups excluding tert-OH is 1. The number of hydrogen-bond donors (Lipinski definition) is 3. The van der Waals surface area contributed by atoms with Crippen LogP contribution < -0.4 is 11.3 Å². The predicted molar refractivity (Wildman–Crippen MR) is 137 cm³/mol. The Hall–Kier alpha value is -3.99. The monoisotopic (exact) mass is 534 g/mol. The van der Waals surface area contributed by atoms with E-state index in [0.717, 1.165) is 0 Å². The number of aliphatic hydroxyl groups is 1. The zero-order valence-electron chi connectivity index (χ0n) is 22.1. The van der Waals surface area contributed by atoms with Crippen LogP contribution in [0.15, 0.2) is 42.7 Å². The number of methoxy groups -OCH3 is 1. The molecule has 208 valence electrons. The molecule has 0 aliphatic heterocycles. The van der Waals surface area contributed by atoms with Crippen molar-refractivity contribution < 1.29 is 43.3 Å². The van der Waals surface area contributed by atoms with E-state index >= 15 is 0 Å². The van der Waals surface area contributed by atoms with Gasteiger partial charge in [0, 0.05) is 36.7 Å². The van der Waals surface area contributed by atoms with E-state index in [-0.39, 0.29) is 41.1 Å². The fourth-order valence-corrected chi connectivity index (χ4v) is 3.41. The van der Waals surface area contributed by atoms with E-state index in [0.29, 0.717) is 37.2 Å². The molecule has 0 saturated carbocycles. The van der Waals surface area contributed by atoms with Gasteiger partial charge in [0.05, 0.1) is 7.11 Å².